The Morgan fingerprint density at radius 1 is 1.43 bits per heavy atom. The highest BCUT2D eigenvalue weighted by Crippen LogP contribution is 2.25. The summed E-state index contributed by atoms with van der Waals surface area (Å²) in [6.45, 7) is 6.57. The summed E-state index contributed by atoms with van der Waals surface area (Å²) in [4.78, 5) is 4.26. The molecule has 0 saturated heterocycles. The van der Waals surface area contributed by atoms with Crippen molar-refractivity contribution in [3.05, 3.63) is 34.7 Å². The van der Waals surface area contributed by atoms with E-state index in [-0.39, 0.29) is 6.10 Å². The van der Waals surface area contributed by atoms with Crippen LogP contribution >= 0.6 is 11.6 Å². The molecule has 2 heterocycles. The van der Waals surface area contributed by atoms with Crippen LogP contribution in [0, 0.1) is 0 Å². The van der Waals surface area contributed by atoms with Gasteiger partial charge in [0.1, 0.15) is 0 Å². The monoisotopic (exact) mass is 308 g/mol. The zero-order valence-corrected chi connectivity index (χ0v) is 13.6. The summed E-state index contributed by atoms with van der Waals surface area (Å²) >= 11 is 6.35. The zero-order valence-electron chi connectivity index (χ0n) is 12.9. The Bertz CT molecular complexity index is 610. The number of hydrogen-bond donors (Lipinski definition) is 1. The molecule has 2 rings (SSSR count). The van der Waals surface area contributed by atoms with E-state index in [4.69, 9.17) is 16.3 Å². The largest absolute Gasteiger partial charge is 0.473 e. The van der Waals surface area contributed by atoms with Crippen molar-refractivity contribution >= 4 is 17.3 Å². The summed E-state index contributed by atoms with van der Waals surface area (Å²) in [7, 11) is 1.90. The summed E-state index contributed by atoms with van der Waals surface area (Å²) < 4.78 is 7.50. The van der Waals surface area contributed by atoms with Crippen LogP contribution in [0.25, 0.3) is 0 Å². The Balaban J connectivity index is 2.15. The Hall–Kier alpha value is -1.75. The number of ether oxygens (including phenoxy) is 1. The minimum Gasteiger partial charge on any atom is -0.473 e. The second kappa shape index (κ2) is 6.80. The van der Waals surface area contributed by atoms with Gasteiger partial charge >= 0.3 is 0 Å². The highest BCUT2D eigenvalue weighted by molar-refractivity contribution is 6.31. The van der Waals surface area contributed by atoms with Crippen molar-refractivity contribution in [1.82, 2.24) is 14.8 Å². The van der Waals surface area contributed by atoms with Crippen LogP contribution < -0.4 is 10.1 Å². The number of pyridine rings is 1. The first-order valence-corrected chi connectivity index (χ1v) is 7.46. The van der Waals surface area contributed by atoms with E-state index in [0.29, 0.717) is 12.4 Å². The third-order valence-corrected chi connectivity index (χ3v) is 3.50. The molecule has 0 aromatic carbocycles. The van der Waals surface area contributed by atoms with Gasteiger partial charge in [-0.1, -0.05) is 18.5 Å². The third kappa shape index (κ3) is 3.67. The van der Waals surface area contributed by atoms with Gasteiger partial charge in [0.2, 0.25) is 5.88 Å². The van der Waals surface area contributed by atoms with Crippen molar-refractivity contribution in [2.24, 2.45) is 7.05 Å². The first-order chi connectivity index (χ1) is 10.0. The molecule has 21 heavy (non-hydrogen) atoms. The van der Waals surface area contributed by atoms with Crippen molar-refractivity contribution < 1.29 is 4.74 Å². The summed E-state index contributed by atoms with van der Waals surface area (Å²) in [6, 6.07) is 3.81. The SMILES string of the molecule is CCc1nn(C)c(CNc2cccnc2OC(C)C)c1Cl. The fourth-order valence-corrected chi connectivity index (χ4v) is 2.39. The Morgan fingerprint density at radius 2 is 2.19 bits per heavy atom. The minimum atomic E-state index is 0.0763. The molecular formula is C15H21ClN4O. The number of halogens is 1. The van der Waals surface area contributed by atoms with E-state index < -0.39 is 0 Å². The van der Waals surface area contributed by atoms with Crippen molar-refractivity contribution in [1.29, 1.82) is 0 Å². The molecule has 0 saturated carbocycles. The molecule has 0 amide bonds. The van der Waals surface area contributed by atoms with E-state index in [1.165, 1.54) is 0 Å². The normalized spacial score (nSPS) is 11.0. The molecule has 0 radical (unpaired) electrons. The summed E-state index contributed by atoms with van der Waals surface area (Å²) in [6.07, 6.45) is 2.61. The predicted octanol–water partition coefficient (Wildman–Crippen LogP) is 3.43. The summed E-state index contributed by atoms with van der Waals surface area (Å²) in [5.41, 5.74) is 2.72. The van der Waals surface area contributed by atoms with Gasteiger partial charge in [-0.25, -0.2) is 4.98 Å². The molecule has 0 spiro atoms. The fraction of sp³-hybridized carbons (Fsp3) is 0.467. The van der Waals surface area contributed by atoms with Crippen LogP contribution in [-0.2, 0) is 20.0 Å². The molecule has 0 aliphatic heterocycles. The molecule has 0 fully saturated rings. The number of rotatable bonds is 6. The van der Waals surface area contributed by atoms with Crippen LogP contribution in [0.5, 0.6) is 5.88 Å². The van der Waals surface area contributed by atoms with Gasteiger partial charge in [-0.15, -0.1) is 0 Å². The maximum Gasteiger partial charge on any atom is 0.237 e. The van der Waals surface area contributed by atoms with Crippen LogP contribution in [0.3, 0.4) is 0 Å². The maximum absolute atomic E-state index is 6.35. The van der Waals surface area contributed by atoms with Crippen molar-refractivity contribution in [2.75, 3.05) is 5.32 Å². The van der Waals surface area contributed by atoms with Crippen molar-refractivity contribution in [3.8, 4) is 5.88 Å². The molecule has 2 aromatic heterocycles. The molecule has 0 aliphatic carbocycles. The molecule has 6 heteroatoms. The third-order valence-electron chi connectivity index (χ3n) is 3.07. The Morgan fingerprint density at radius 3 is 2.81 bits per heavy atom. The van der Waals surface area contributed by atoms with Crippen LogP contribution in [-0.4, -0.2) is 20.9 Å². The smallest absolute Gasteiger partial charge is 0.237 e. The predicted molar refractivity (Wildman–Crippen MR) is 84.9 cm³/mol. The minimum absolute atomic E-state index is 0.0763. The van der Waals surface area contributed by atoms with Crippen LogP contribution in [0.15, 0.2) is 18.3 Å². The van der Waals surface area contributed by atoms with Gasteiger partial charge in [-0.05, 0) is 32.4 Å². The topological polar surface area (TPSA) is 52.0 Å². The quantitative estimate of drug-likeness (QED) is 0.888. The number of anilines is 1. The van der Waals surface area contributed by atoms with E-state index in [0.717, 1.165) is 28.5 Å². The molecule has 0 unspecified atom stereocenters. The average Bonchev–Trinajstić information content (AvgIpc) is 2.72. The molecule has 0 aliphatic rings. The lowest BCUT2D eigenvalue weighted by Crippen LogP contribution is -2.11. The number of aromatic nitrogens is 3. The summed E-state index contributed by atoms with van der Waals surface area (Å²) in [5, 5.41) is 8.46. The Kier molecular flexibility index (Phi) is 5.07. The van der Waals surface area contributed by atoms with Gasteiger partial charge < -0.3 is 10.1 Å². The Labute approximate surface area is 130 Å². The van der Waals surface area contributed by atoms with Gasteiger partial charge in [0, 0.05) is 13.2 Å². The number of hydrogen-bond acceptors (Lipinski definition) is 4. The number of nitrogens with zero attached hydrogens (tertiary/aromatic N) is 3. The van der Waals surface area contributed by atoms with E-state index >= 15 is 0 Å². The van der Waals surface area contributed by atoms with Gasteiger partial charge in [0.25, 0.3) is 0 Å². The number of aryl methyl sites for hydroxylation is 2. The molecule has 114 valence electrons. The second-order valence-electron chi connectivity index (χ2n) is 5.06. The maximum atomic E-state index is 6.35. The van der Waals surface area contributed by atoms with Gasteiger partial charge in [0.15, 0.2) is 0 Å². The molecular weight excluding hydrogens is 288 g/mol. The lowest BCUT2D eigenvalue weighted by atomic mass is 10.3. The molecule has 5 nitrogen and oxygen atoms in total. The zero-order chi connectivity index (χ0) is 15.4. The van der Waals surface area contributed by atoms with Crippen LogP contribution in [0.2, 0.25) is 5.02 Å². The first-order valence-electron chi connectivity index (χ1n) is 7.08. The van der Waals surface area contributed by atoms with Gasteiger partial charge in [-0.2, -0.15) is 5.10 Å². The van der Waals surface area contributed by atoms with Crippen LogP contribution in [0.4, 0.5) is 5.69 Å². The van der Waals surface area contributed by atoms with Gasteiger partial charge in [0.05, 0.1) is 34.7 Å². The van der Waals surface area contributed by atoms with Gasteiger partial charge in [-0.3, -0.25) is 4.68 Å². The lowest BCUT2D eigenvalue weighted by molar-refractivity contribution is 0.234. The van der Waals surface area contributed by atoms with E-state index in [1.807, 2.05) is 44.6 Å². The number of nitrogens with one attached hydrogen (secondary N) is 1. The van der Waals surface area contributed by atoms with E-state index in [2.05, 4.69) is 15.4 Å². The van der Waals surface area contributed by atoms with E-state index in [1.54, 1.807) is 6.20 Å². The molecule has 0 atom stereocenters. The first kappa shape index (κ1) is 15.6. The van der Waals surface area contributed by atoms with Crippen molar-refractivity contribution in [3.63, 3.8) is 0 Å². The highest BCUT2D eigenvalue weighted by atomic mass is 35.5. The van der Waals surface area contributed by atoms with Crippen LogP contribution in [0.1, 0.15) is 32.2 Å². The summed E-state index contributed by atoms with van der Waals surface area (Å²) in [5.74, 6) is 0.599. The molecule has 2 aromatic rings. The van der Waals surface area contributed by atoms with E-state index in [9.17, 15) is 0 Å². The fourth-order valence-electron chi connectivity index (χ4n) is 2.03. The highest BCUT2D eigenvalue weighted by Gasteiger charge is 2.14. The van der Waals surface area contributed by atoms with Crippen molar-refractivity contribution in [2.45, 2.75) is 39.8 Å². The lowest BCUT2D eigenvalue weighted by Gasteiger charge is -2.14. The second-order valence-corrected chi connectivity index (χ2v) is 5.44. The standard InChI is InChI=1S/C15H21ClN4O/c1-5-11-14(16)13(20(4)19-11)9-18-12-7-6-8-17-15(12)21-10(2)3/h6-8,10,18H,5,9H2,1-4H3. The molecule has 1 N–H and O–H groups in total. The molecule has 0 bridgehead atoms. The average molecular weight is 309 g/mol.